The van der Waals surface area contributed by atoms with Crippen LogP contribution in [0, 0.1) is 0 Å². The van der Waals surface area contributed by atoms with E-state index in [0.717, 1.165) is 22.5 Å². The molecule has 1 aliphatic rings. The van der Waals surface area contributed by atoms with E-state index in [1.54, 1.807) is 0 Å². The highest BCUT2D eigenvalue weighted by atomic mass is 15.2. The van der Waals surface area contributed by atoms with Gasteiger partial charge in [-0.05, 0) is 25.0 Å². The minimum Gasteiger partial charge on any atom is -0.357 e. The van der Waals surface area contributed by atoms with Crippen molar-refractivity contribution < 1.29 is 0 Å². The van der Waals surface area contributed by atoms with Gasteiger partial charge in [-0.2, -0.15) is 10.1 Å². The van der Waals surface area contributed by atoms with Crippen LogP contribution in [0.5, 0.6) is 0 Å². The second kappa shape index (κ2) is 4.73. The molecule has 0 aliphatic heterocycles. The van der Waals surface area contributed by atoms with Crippen LogP contribution in [0.2, 0.25) is 0 Å². The fraction of sp³-hybridized carbons (Fsp3) is 0.267. The van der Waals surface area contributed by atoms with Gasteiger partial charge in [0.1, 0.15) is 5.82 Å². The summed E-state index contributed by atoms with van der Waals surface area (Å²) in [6.07, 6.45) is 2.50. The van der Waals surface area contributed by atoms with Crippen molar-refractivity contribution in [3.8, 4) is 0 Å². The number of nitrogens with zero attached hydrogens (tertiary/aromatic N) is 3. The summed E-state index contributed by atoms with van der Waals surface area (Å²) < 4.78 is 0. The Morgan fingerprint density at radius 3 is 2.86 bits per heavy atom. The van der Waals surface area contributed by atoms with Gasteiger partial charge in [-0.1, -0.05) is 12.1 Å². The minimum atomic E-state index is 0.592. The fourth-order valence-electron chi connectivity index (χ4n) is 2.41. The summed E-state index contributed by atoms with van der Waals surface area (Å²) in [6, 6.07) is 10.00. The molecule has 0 saturated heterocycles. The molecule has 1 saturated carbocycles. The molecule has 6 nitrogen and oxygen atoms in total. The molecule has 21 heavy (non-hydrogen) atoms. The van der Waals surface area contributed by atoms with Gasteiger partial charge in [0.15, 0.2) is 5.82 Å². The molecule has 1 aliphatic carbocycles. The Kier molecular flexibility index (Phi) is 2.73. The summed E-state index contributed by atoms with van der Waals surface area (Å²) in [5.41, 5.74) is 2.10. The number of H-pyrrole nitrogens is 1. The Morgan fingerprint density at radius 1 is 1.19 bits per heavy atom. The van der Waals surface area contributed by atoms with Gasteiger partial charge in [0.25, 0.3) is 0 Å². The summed E-state index contributed by atoms with van der Waals surface area (Å²) in [5, 5.41) is 14.7. The first-order chi connectivity index (χ1) is 10.3. The molecule has 0 radical (unpaired) electrons. The highest BCUT2D eigenvalue weighted by molar-refractivity contribution is 5.91. The standard InChI is InChI=1S/C15H16N6/c1-16-15-17-11-5-3-2-4-10(11)14(19-15)18-13-8-12(20-21-13)9-6-7-9/h2-5,8-9H,6-7H2,1H3,(H3,16,17,18,19,20,21). The number of hydrogen-bond acceptors (Lipinski definition) is 5. The second-order valence-electron chi connectivity index (χ2n) is 5.27. The van der Waals surface area contributed by atoms with E-state index in [4.69, 9.17) is 0 Å². The number of nitrogens with one attached hydrogen (secondary N) is 3. The summed E-state index contributed by atoms with van der Waals surface area (Å²) in [6.45, 7) is 0. The Bertz CT molecular complexity index is 790. The van der Waals surface area contributed by atoms with Gasteiger partial charge in [0, 0.05) is 30.1 Å². The summed E-state index contributed by atoms with van der Waals surface area (Å²) in [5.74, 6) is 2.80. The highest BCUT2D eigenvalue weighted by Crippen LogP contribution is 2.39. The molecule has 6 heteroatoms. The van der Waals surface area contributed by atoms with E-state index in [2.05, 4.69) is 36.9 Å². The molecule has 0 amide bonds. The Balaban J connectivity index is 1.73. The fourth-order valence-corrected chi connectivity index (χ4v) is 2.41. The smallest absolute Gasteiger partial charge is 0.224 e. The predicted molar refractivity (Wildman–Crippen MR) is 82.9 cm³/mol. The maximum atomic E-state index is 4.50. The van der Waals surface area contributed by atoms with Crippen molar-refractivity contribution in [2.24, 2.45) is 0 Å². The average Bonchev–Trinajstić information content (AvgIpc) is 3.27. The van der Waals surface area contributed by atoms with E-state index >= 15 is 0 Å². The van der Waals surface area contributed by atoms with E-state index in [-0.39, 0.29) is 0 Å². The van der Waals surface area contributed by atoms with Gasteiger partial charge >= 0.3 is 0 Å². The largest absolute Gasteiger partial charge is 0.357 e. The topological polar surface area (TPSA) is 78.5 Å². The van der Waals surface area contributed by atoms with Crippen LogP contribution in [-0.2, 0) is 0 Å². The van der Waals surface area contributed by atoms with Crippen LogP contribution in [0.25, 0.3) is 10.9 Å². The number of rotatable bonds is 4. The van der Waals surface area contributed by atoms with E-state index in [1.165, 1.54) is 18.5 Å². The first kappa shape index (κ1) is 12.1. The number of benzene rings is 1. The molecule has 0 atom stereocenters. The third-order valence-electron chi connectivity index (χ3n) is 3.69. The maximum absolute atomic E-state index is 4.50. The molecule has 3 aromatic rings. The SMILES string of the molecule is CNc1nc(Nc2cc(C3CC3)[nH]n2)c2ccccc2n1. The van der Waals surface area contributed by atoms with Crippen molar-refractivity contribution in [3.63, 3.8) is 0 Å². The number of anilines is 3. The maximum Gasteiger partial charge on any atom is 0.224 e. The van der Waals surface area contributed by atoms with Gasteiger partial charge < -0.3 is 10.6 Å². The lowest BCUT2D eigenvalue weighted by Gasteiger charge is -2.08. The molecule has 106 valence electrons. The Hall–Kier alpha value is -2.63. The molecule has 0 unspecified atom stereocenters. The third kappa shape index (κ3) is 2.29. The molecule has 0 spiro atoms. The zero-order valence-electron chi connectivity index (χ0n) is 11.7. The Morgan fingerprint density at radius 2 is 2.05 bits per heavy atom. The number of hydrogen-bond donors (Lipinski definition) is 3. The molecule has 4 rings (SSSR count). The summed E-state index contributed by atoms with van der Waals surface area (Å²) in [7, 11) is 1.81. The summed E-state index contributed by atoms with van der Waals surface area (Å²) in [4.78, 5) is 8.95. The molecular weight excluding hydrogens is 264 g/mol. The molecule has 1 aromatic carbocycles. The minimum absolute atomic E-state index is 0.592. The lowest BCUT2D eigenvalue weighted by molar-refractivity contribution is 0.966. The van der Waals surface area contributed by atoms with Crippen molar-refractivity contribution in [1.82, 2.24) is 20.2 Å². The zero-order chi connectivity index (χ0) is 14.2. The highest BCUT2D eigenvalue weighted by Gasteiger charge is 2.25. The average molecular weight is 280 g/mol. The van der Waals surface area contributed by atoms with Crippen LogP contribution in [0.1, 0.15) is 24.5 Å². The molecule has 2 heterocycles. The van der Waals surface area contributed by atoms with Gasteiger partial charge in [0.05, 0.1) is 5.52 Å². The van der Waals surface area contributed by atoms with E-state index in [0.29, 0.717) is 11.9 Å². The van der Waals surface area contributed by atoms with Crippen LogP contribution in [0.15, 0.2) is 30.3 Å². The monoisotopic (exact) mass is 280 g/mol. The number of para-hydroxylation sites is 1. The van der Waals surface area contributed by atoms with Gasteiger partial charge in [-0.25, -0.2) is 4.98 Å². The number of aromatic nitrogens is 4. The van der Waals surface area contributed by atoms with Crippen molar-refractivity contribution >= 4 is 28.5 Å². The predicted octanol–water partition coefficient (Wildman–Crippen LogP) is 3.02. The van der Waals surface area contributed by atoms with Crippen LogP contribution >= 0.6 is 0 Å². The first-order valence-corrected chi connectivity index (χ1v) is 7.10. The van der Waals surface area contributed by atoms with Crippen molar-refractivity contribution in [2.45, 2.75) is 18.8 Å². The van der Waals surface area contributed by atoms with Crippen LogP contribution in [0.4, 0.5) is 17.6 Å². The van der Waals surface area contributed by atoms with Crippen LogP contribution < -0.4 is 10.6 Å². The number of fused-ring (bicyclic) bond motifs is 1. The second-order valence-corrected chi connectivity index (χ2v) is 5.27. The normalized spacial score (nSPS) is 14.3. The van der Waals surface area contributed by atoms with E-state index in [1.807, 2.05) is 31.3 Å². The summed E-state index contributed by atoms with van der Waals surface area (Å²) >= 11 is 0. The first-order valence-electron chi connectivity index (χ1n) is 7.10. The molecule has 2 aromatic heterocycles. The van der Waals surface area contributed by atoms with Crippen molar-refractivity contribution in [2.75, 3.05) is 17.7 Å². The third-order valence-corrected chi connectivity index (χ3v) is 3.69. The zero-order valence-corrected chi connectivity index (χ0v) is 11.7. The Labute approximate surface area is 122 Å². The van der Waals surface area contributed by atoms with Crippen LogP contribution in [-0.4, -0.2) is 27.2 Å². The van der Waals surface area contributed by atoms with E-state index < -0.39 is 0 Å². The molecule has 0 bridgehead atoms. The molecule has 3 N–H and O–H groups in total. The van der Waals surface area contributed by atoms with Crippen LogP contribution in [0.3, 0.4) is 0 Å². The lowest BCUT2D eigenvalue weighted by atomic mass is 10.2. The van der Waals surface area contributed by atoms with Gasteiger partial charge in [-0.15, -0.1) is 0 Å². The van der Waals surface area contributed by atoms with E-state index in [9.17, 15) is 0 Å². The lowest BCUT2D eigenvalue weighted by Crippen LogP contribution is -2.02. The van der Waals surface area contributed by atoms with Gasteiger partial charge in [0.2, 0.25) is 5.95 Å². The quantitative estimate of drug-likeness (QED) is 0.684. The molecular formula is C15H16N6. The van der Waals surface area contributed by atoms with Gasteiger partial charge in [-0.3, -0.25) is 5.10 Å². The van der Waals surface area contributed by atoms with Crippen molar-refractivity contribution in [1.29, 1.82) is 0 Å². The molecule has 1 fully saturated rings. The number of aromatic amines is 1. The van der Waals surface area contributed by atoms with Crippen molar-refractivity contribution in [3.05, 3.63) is 36.0 Å².